The standard InChI is InChI=1S/C27H46N4O2.ClH/c1-4-6-8-10-12-14-20-32-25-19-18-24(17-16-23(3)30-31-27(28)29)22-26(25)33-21-15-13-11-9-7-5-2;/h16-19,22H,4-15,20-21H2,1-3H3,(H4,28,29,31);1H. The summed E-state index contributed by atoms with van der Waals surface area (Å²) in [7, 11) is 0. The number of unbranched alkanes of at least 4 members (excludes halogenated alkanes) is 10. The Morgan fingerprint density at radius 2 is 1.29 bits per heavy atom. The molecule has 0 aliphatic carbocycles. The van der Waals surface area contributed by atoms with Crippen LogP contribution in [-0.2, 0) is 0 Å². The predicted octanol–water partition coefficient (Wildman–Crippen LogP) is 7.25. The number of nitrogens with two attached hydrogens (primary N) is 2. The summed E-state index contributed by atoms with van der Waals surface area (Å²) in [6.45, 7) is 7.76. The zero-order valence-electron chi connectivity index (χ0n) is 21.6. The number of guanidine groups is 1. The minimum Gasteiger partial charge on any atom is -0.490 e. The Labute approximate surface area is 213 Å². The summed E-state index contributed by atoms with van der Waals surface area (Å²) >= 11 is 0. The van der Waals surface area contributed by atoms with Gasteiger partial charge in [-0.05, 0) is 43.5 Å². The van der Waals surface area contributed by atoms with Gasteiger partial charge in [0.25, 0.3) is 0 Å². The molecule has 1 rings (SSSR count). The van der Waals surface area contributed by atoms with Gasteiger partial charge in [0.1, 0.15) is 0 Å². The van der Waals surface area contributed by atoms with E-state index in [1.165, 1.54) is 64.2 Å². The van der Waals surface area contributed by atoms with Gasteiger partial charge in [0.15, 0.2) is 11.5 Å². The summed E-state index contributed by atoms with van der Waals surface area (Å²) < 4.78 is 12.2. The normalized spacial score (nSPS) is 11.3. The highest BCUT2D eigenvalue weighted by molar-refractivity contribution is 5.96. The van der Waals surface area contributed by atoms with Crippen LogP contribution in [0.5, 0.6) is 11.5 Å². The molecule has 0 aromatic heterocycles. The van der Waals surface area contributed by atoms with E-state index in [0.717, 1.165) is 36.5 Å². The maximum Gasteiger partial charge on any atom is 0.211 e. The van der Waals surface area contributed by atoms with Crippen LogP contribution >= 0.6 is 12.4 Å². The average molecular weight is 495 g/mol. The molecule has 0 spiro atoms. The summed E-state index contributed by atoms with van der Waals surface area (Å²) in [5, 5.41) is 7.63. The van der Waals surface area contributed by atoms with E-state index >= 15 is 0 Å². The highest BCUT2D eigenvalue weighted by Gasteiger charge is 2.07. The molecule has 0 bridgehead atoms. The van der Waals surface area contributed by atoms with Crippen molar-refractivity contribution in [2.24, 2.45) is 21.7 Å². The van der Waals surface area contributed by atoms with Crippen LogP contribution < -0.4 is 20.9 Å². The lowest BCUT2D eigenvalue weighted by Gasteiger charge is -2.14. The molecule has 0 aliphatic heterocycles. The van der Waals surface area contributed by atoms with Gasteiger partial charge in [0.05, 0.1) is 18.9 Å². The SMILES string of the molecule is CCCCCCCCOc1ccc(C=CC(C)=NN=C(N)N)cc1OCCCCCCCC.Cl. The molecule has 1 aromatic carbocycles. The summed E-state index contributed by atoms with van der Waals surface area (Å²) in [5.41, 5.74) is 12.4. The smallest absolute Gasteiger partial charge is 0.211 e. The minimum atomic E-state index is -0.0556. The molecular weight excluding hydrogens is 448 g/mol. The fourth-order valence-electron chi connectivity index (χ4n) is 3.38. The third-order valence-corrected chi connectivity index (χ3v) is 5.32. The van der Waals surface area contributed by atoms with Crippen LogP contribution in [0, 0.1) is 0 Å². The van der Waals surface area contributed by atoms with E-state index < -0.39 is 0 Å². The topological polar surface area (TPSA) is 95.2 Å². The fraction of sp³-hybridized carbons (Fsp3) is 0.630. The molecule has 1 aromatic rings. The number of hydrogen-bond acceptors (Lipinski definition) is 4. The van der Waals surface area contributed by atoms with Crippen LogP contribution in [0.15, 0.2) is 34.5 Å². The Balaban J connectivity index is 0.0000109. The maximum atomic E-state index is 6.14. The van der Waals surface area contributed by atoms with Crippen molar-refractivity contribution in [3.05, 3.63) is 29.8 Å². The Kier molecular flexibility index (Phi) is 19.9. The van der Waals surface area contributed by atoms with E-state index in [4.69, 9.17) is 20.9 Å². The quantitative estimate of drug-likeness (QED) is 0.0915. The number of halogens is 1. The van der Waals surface area contributed by atoms with Gasteiger partial charge in [-0.3, -0.25) is 0 Å². The molecule has 0 atom stereocenters. The van der Waals surface area contributed by atoms with Crippen molar-refractivity contribution >= 4 is 30.2 Å². The van der Waals surface area contributed by atoms with Crippen molar-refractivity contribution in [3.63, 3.8) is 0 Å². The highest BCUT2D eigenvalue weighted by atomic mass is 35.5. The average Bonchev–Trinajstić information content (AvgIpc) is 2.81. The van der Waals surface area contributed by atoms with Crippen LogP contribution in [0.4, 0.5) is 0 Å². The molecule has 0 unspecified atom stereocenters. The first-order valence-electron chi connectivity index (χ1n) is 12.8. The van der Waals surface area contributed by atoms with Gasteiger partial charge in [-0.2, -0.15) is 5.10 Å². The summed E-state index contributed by atoms with van der Waals surface area (Å²) in [5.74, 6) is 1.56. The lowest BCUT2D eigenvalue weighted by molar-refractivity contribution is 0.258. The zero-order chi connectivity index (χ0) is 24.2. The fourth-order valence-corrected chi connectivity index (χ4v) is 3.38. The van der Waals surface area contributed by atoms with E-state index in [1.54, 1.807) is 0 Å². The molecule has 34 heavy (non-hydrogen) atoms. The Hall–Kier alpha value is -2.21. The van der Waals surface area contributed by atoms with Crippen LogP contribution in [0.1, 0.15) is 103 Å². The van der Waals surface area contributed by atoms with Crippen molar-refractivity contribution in [3.8, 4) is 11.5 Å². The molecule has 0 aliphatic rings. The molecule has 4 N–H and O–H groups in total. The van der Waals surface area contributed by atoms with E-state index in [0.29, 0.717) is 12.3 Å². The zero-order valence-corrected chi connectivity index (χ0v) is 22.4. The van der Waals surface area contributed by atoms with Crippen molar-refractivity contribution in [2.45, 2.75) is 97.8 Å². The molecule has 0 amide bonds. The summed E-state index contributed by atoms with van der Waals surface area (Å²) in [4.78, 5) is 0. The summed E-state index contributed by atoms with van der Waals surface area (Å²) in [6.07, 6.45) is 18.7. The third kappa shape index (κ3) is 16.4. The van der Waals surface area contributed by atoms with Crippen molar-refractivity contribution in [1.82, 2.24) is 0 Å². The van der Waals surface area contributed by atoms with E-state index in [9.17, 15) is 0 Å². The van der Waals surface area contributed by atoms with Crippen LogP contribution in [0.2, 0.25) is 0 Å². The molecule has 6 nitrogen and oxygen atoms in total. The number of ether oxygens (including phenoxy) is 2. The van der Waals surface area contributed by atoms with Gasteiger partial charge in [-0.15, -0.1) is 17.5 Å². The number of allylic oxidation sites excluding steroid dienone is 1. The largest absolute Gasteiger partial charge is 0.490 e. The summed E-state index contributed by atoms with van der Waals surface area (Å²) in [6, 6.07) is 6.05. The molecule has 0 radical (unpaired) electrons. The van der Waals surface area contributed by atoms with Gasteiger partial charge in [-0.1, -0.05) is 90.2 Å². The molecular formula is C27H47ClN4O2. The number of nitrogens with zero attached hydrogens (tertiary/aromatic N) is 2. The Morgan fingerprint density at radius 3 is 1.85 bits per heavy atom. The molecule has 194 valence electrons. The molecule has 0 heterocycles. The number of rotatable bonds is 19. The van der Waals surface area contributed by atoms with Crippen molar-refractivity contribution < 1.29 is 9.47 Å². The third-order valence-electron chi connectivity index (χ3n) is 5.32. The van der Waals surface area contributed by atoms with E-state index in [-0.39, 0.29) is 18.4 Å². The van der Waals surface area contributed by atoms with Crippen LogP contribution in [-0.4, -0.2) is 24.9 Å². The first-order chi connectivity index (χ1) is 16.1. The molecule has 7 heteroatoms. The van der Waals surface area contributed by atoms with Crippen LogP contribution in [0.3, 0.4) is 0 Å². The highest BCUT2D eigenvalue weighted by Crippen LogP contribution is 2.29. The molecule has 0 saturated carbocycles. The van der Waals surface area contributed by atoms with Crippen LogP contribution in [0.25, 0.3) is 6.08 Å². The van der Waals surface area contributed by atoms with Gasteiger partial charge in [0, 0.05) is 0 Å². The van der Waals surface area contributed by atoms with Crippen molar-refractivity contribution in [1.29, 1.82) is 0 Å². The van der Waals surface area contributed by atoms with Gasteiger partial charge >= 0.3 is 0 Å². The van der Waals surface area contributed by atoms with Crippen molar-refractivity contribution in [2.75, 3.05) is 13.2 Å². The maximum absolute atomic E-state index is 6.14. The number of benzene rings is 1. The Morgan fingerprint density at radius 1 is 0.765 bits per heavy atom. The minimum absolute atomic E-state index is 0. The Bertz CT molecular complexity index is 731. The predicted molar refractivity (Wildman–Crippen MR) is 149 cm³/mol. The second-order valence-corrected chi connectivity index (χ2v) is 8.54. The van der Waals surface area contributed by atoms with Gasteiger partial charge in [0.2, 0.25) is 5.96 Å². The monoisotopic (exact) mass is 494 g/mol. The van der Waals surface area contributed by atoms with E-state index in [2.05, 4.69) is 24.1 Å². The molecule has 0 saturated heterocycles. The second-order valence-electron chi connectivity index (χ2n) is 8.54. The first kappa shape index (κ1) is 31.8. The lowest BCUT2D eigenvalue weighted by Crippen LogP contribution is -2.21. The first-order valence-corrected chi connectivity index (χ1v) is 12.8. The van der Waals surface area contributed by atoms with Gasteiger partial charge < -0.3 is 20.9 Å². The molecule has 0 fully saturated rings. The lowest BCUT2D eigenvalue weighted by atomic mass is 10.1. The number of hydrogen-bond donors (Lipinski definition) is 2. The van der Waals surface area contributed by atoms with Gasteiger partial charge in [-0.25, -0.2) is 0 Å². The van der Waals surface area contributed by atoms with E-state index in [1.807, 2.05) is 37.3 Å². The second kappa shape index (κ2) is 21.3.